The van der Waals surface area contributed by atoms with Gasteiger partial charge in [0.25, 0.3) is 0 Å². The molecule has 0 aromatic carbocycles. The Bertz CT molecular complexity index is 453. The molecule has 1 amide bonds. The van der Waals surface area contributed by atoms with Crippen molar-refractivity contribution in [1.29, 1.82) is 0 Å². The second kappa shape index (κ2) is 6.02. The predicted molar refractivity (Wildman–Crippen MR) is 78.7 cm³/mol. The molecule has 0 N–H and O–H groups in total. The highest BCUT2D eigenvalue weighted by Gasteiger charge is 2.34. The standard InChI is InChI=1S/C14H26N2O3S/c1-11-7-12(2)9-15(8-11)14(17)13-5-4-6-16(10-13)20(3,18)19/h11-13H,4-10H2,1-3H3/t11-,12-,13+/m1/s1. The van der Waals surface area contributed by atoms with Gasteiger partial charge in [-0.05, 0) is 31.1 Å². The van der Waals surface area contributed by atoms with E-state index in [0.29, 0.717) is 24.9 Å². The summed E-state index contributed by atoms with van der Waals surface area (Å²) in [6.45, 7) is 6.91. The minimum absolute atomic E-state index is 0.150. The SMILES string of the molecule is C[C@@H]1C[C@@H](C)CN(C(=O)[C@H]2CCCN(S(C)(=O)=O)C2)C1. The van der Waals surface area contributed by atoms with Crippen LogP contribution in [0.4, 0.5) is 0 Å². The molecule has 3 atom stereocenters. The van der Waals surface area contributed by atoms with Gasteiger partial charge in [0.2, 0.25) is 15.9 Å². The van der Waals surface area contributed by atoms with Crippen molar-refractivity contribution in [3.8, 4) is 0 Å². The van der Waals surface area contributed by atoms with Crippen molar-refractivity contribution in [2.24, 2.45) is 17.8 Å². The second-order valence-corrected chi connectivity index (χ2v) is 8.63. The second-order valence-electron chi connectivity index (χ2n) is 6.65. The van der Waals surface area contributed by atoms with Crippen molar-refractivity contribution in [3.63, 3.8) is 0 Å². The molecule has 2 rings (SSSR count). The Labute approximate surface area is 122 Å². The molecule has 0 spiro atoms. The lowest BCUT2D eigenvalue weighted by molar-refractivity contribution is -0.139. The van der Waals surface area contributed by atoms with E-state index in [2.05, 4.69) is 13.8 Å². The van der Waals surface area contributed by atoms with Gasteiger partial charge in [-0.25, -0.2) is 12.7 Å². The predicted octanol–water partition coefficient (Wildman–Crippen LogP) is 1.16. The molecule has 2 saturated heterocycles. The smallest absolute Gasteiger partial charge is 0.227 e. The number of carbonyl (C=O) groups is 1. The maximum atomic E-state index is 12.6. The van der Waals surface area contributed by atoms with Crippen LogP contribution in [0, 0.1) is 17.8 Å². The third kappa shape index (κ3) is 3.73. The summed E-state index contributed by atoms with van der Waals surface area (Å²) in [6, 6.07) is 0. The van der Waals surface area contributed by atoms with Crippen molar-refractivity contribution in [2.75, 3.05) is 32.4 Å². The van der Waals surface area contributed by atoms with Crippen LogP contribution in [0.25, 0.3) is 0 Å². The molecular formula is C14H26N2O3S. The van der Waals surface area contributed by atoms with Crippen molar-refractivity contribution >= 4 is 15.9 Å². The monoisotopic (exact) mass is 302 g/mol. The van der Waals surface area contributed by atoms with E-state index in [1.54, 1.807) is 0 Å². The van der Waals surface area contributed by atoms with Crippen molar-refractivity contribution < 1.29 is 13.2 Å². The molecule has 5 nitrogen and oxygen atoms in total. The number of rotatable bonds is 2. The fourth-order valence-electron chi connectivity index (χ4n) is 3.55. The Morgan fingerprint density at radius 3 is 2.25 bits per heavy atom. The highest BCUT2D eigenvalue weighted by atomic mass is 32.2. The third-order valence-electron chi connectivity index (χ3n) is 4.38. The number of hydrogen-bond acceptors (Lipinski definition) is 3. The van der Waals surface area contributed by atoms with Crippen LogP contribution in [-0.4, -0.2) is 56.0 Å². The summed E-state index contributed by atoms with van der Waals surface area (Å²) in [5.41, 5.74) is 0. The van der Waals surface area contributed by atoms with Gasteiger partial charge in [-0.15, -0.1) is 0 Å². The Hall–Kier alpha value is -0.620. The Morgan fingerprint density at radius 2 is 1.70 bits per heavy atom. The first-order chi connectivity index (χ1) is 9.27. The van der Waals surface area contributed by atoms with E-state index in [0.717, 1.165) is 25.9 Å². The summed E-state index contributed by atoms with van der Waals surface area (Å²) in [5.74, 6) is 1.07. The molecule has 2 heterocycles. The van der Waals surface area contributed by atoms with Crippen LogP contribution in [0.3, 0.4) is 0 Å². The van der Waals surface area contributed by atoms with Gasteiger partial charge in [-0.2, -0.15) is 0 Å². The van der Waals surface area contributed by atoms with Gasteiger partial charge in [0, 0.05) is 26.2 Å². The average Bonchev–Trinajstić information content (AvgIpc) is 2.36. The molecule has 0 aliphatic carbocycles. The zero-order valence-corrected chi connectivity index (χ0v) is 13.5. The summed E-state index contributed by atoms with van der Waals surface area (Å²) >= 11 is 0. The molecule has 0 bridgehead atoms. The first-order valence-electron chi connectivity index (χ1n) is 7.51. The largest absolute Gasteiger partial charge is 0.342 e. The molecule has 0 saturated carbocycles. The topological polar surface area (TPSA) is 57.7 Å². The van der Waals surface area contributed by atoms with Gasteiger partial charge in [0.1, 0.15) is 0 Å². The van der Waals surface area contributed by atoms with Crippen molar-refractivity contribution in [1.82, 2.24) is 9.21 Å². The number of likely N-dealkylation sites (tertiary alicyclic amines) is 1. The van der Waals surface area contributed by atoms with E-state index in [-0.39, 0.29) is 11.8 Å². The maximum Gasteiger partial charge on any atom is 0.227 e. The summed E-state index contributed by atoms with van der Waals surface area (Å²) in [5, 5.41) is 0. The van der Waals surface area contributed by atoms with Gasteiger partial charge in [-0.1, -0.05) is 13.8 Å². The zero-order valence-electron chi connectivity index (χ0n) is 12.7. The van der Waals surface area contributed by atoms with Crippen molar-refractivity contribution in [2.45, 2.75) is 33.1 Å². The lowest BCUT2D eigenvalue weighted by Crippen LogP contribution is -2.50. The molecule has 20 heavy (non-hydrogen) atoms. The number of amides is 1. The van der Waals surface area contributed by atoms with Gasteiger partial charge < -0.3 is 4.90 Å². The normalized spacial score (nSPS) is 33.1. The van der Waals surface area contributed by atoms with Crippen LogP contribution < -0.4 is 0 Å². The van der Waals surface area contributed by atoms with Gasteiger partial charge >= 0.3 is 0 Å². The lowest BCUT2D eigenvalue weighted by atomic mass is 9.90. The van der Waals surface area contributed by atoms with E-state index in [1.165, 1.54) is 17.0 Å². The maximum absolute atomic E-state index is 12.6. The summed E-state index contributed by atoms with van der Waals surface area (Å²) in [6.07, 6.45) is 3.99. The quantitative estimate of drug-likeness (QED) is 0.769. The first kappa shape index (κ1) is 15.8. The first-order valence-corrected chi connectivity index (χ1v) is 9.36. The Balaban J connectivity index is 2.01. The van der Waals surface area contributed by atoms with E-state index >= 15 is 0 Å². The highest BCUT2D eigenvalue weighted by molar-refractivity contribution is 7.88. The molecule has 0 aromatic heterocycles. The summed E-state index contributed by atoms with van der Waals surface area (Å²) in [7, 11) is -3.18. The molecule has 2 aliphatic rings. The summed E-state index contributed by atoms with van der Waals surface area (Å²) < 4.78 is 24.7. The van der Waals surface area contributed by atoms with E-state index in [4.69, 9.17) is 0 Å². The highest BCUT2D eigenvalue weighted by Crippen LogP contribution is 2.26. The van der Waals surface area contributed by atoms with Gasteiger partial charge in [0.05, 0.1) is 12.2 Å². The molecule has 2 fully saturated rings. The van der Waals surface area contributed by atoms with Crippen LogP contribution in [-0.2, 0) is 14.8 Å². The van der Waals surface area contributed by atoms with Crippen molar-refractivity contribution in [3.05, 3.63) is 0 Å². The molecule has 0 unspecified atom stereocenters. The zero-order chi connectivity index (χ0) is 14.9. The minimum Gasteiger partial charge on any atom is -0.342 e. The van der Waals surface area contributed by atoms with Crippen LogP contribution in [0.1, 0.15) is 33.1 Å². The average molecular weight is 302 g/mol. The molecule has 0 aromatic rings. The number of hydrogen-bond donors (Lipinski definition) is 0. The van der Waals surface area contributed by atoms with E-state index < -0.39 is 10.0 Å². The fourth-order valence-corrected chi connectivity index (χ4v) is 4.46. The summed E-state index contributed by atoms with van der Waals surface area (Å²) in [4.78, 5) is 14.6. The molecule has 2 aliphatic heterocycles. The van der Waals surface area contributed by atoms with E-state index in [1.807, 2.05) is 4.90 Å². The Morgan fingerprint density at radius 1 is 1.10 bits per heavy atom. The van der Waals surface area contributed by atoms with Gasteiger partial charge in [-0.3, -0.25) is 4.79 Å². The molecular weight excluding hydrogens is 276 g/mol. The van der Waals surface area contributed by atoms with Crippen LogP contribution in [0.5, 0.6) is 0 Å². The Kier molecular flexibility index (Phi) is 4.74. The molecule has 116 valence electrons. The number of sulfonamides is 1. The fraction of sp³-hybridized carbons (Fsp3) is 0.929. The van der Waals surface area contributed by atoms with E-state index in [9.17, 15) is 13.2 Å². The minimum atomic E-state index is -3.18. The number of nitrogens with zero attached hydrogens (tertiary/aromatic N) is 2. The van der Waals surface area contributed by atoms with Crippen LogP contribution in [0.2, 0.25) is 0 Å². The lowest BCUT2D eigenvalue weighted by Gasteiger charge is -2.39. The molecule has 6 heteroatoms. The number of piperidine rings is 2. The third-order valence-corrected chi connectivity index (χ3v) is 5.65. The molecule has 0 radical (unpaired) electrons. The van der Waals surface area contributed by atoms with Crippen LogP contribution in [0.15, 0.2) is 0 Å². The van der Waals surface area contributed by atoms with Gasteiger partial charge in [0.15, 0.2) is 0 Å². The number of carbonyl (C=O) groups excluding carboxylic acids is 1. The van der Waals surface area contributed by atoms with Crippen LogP contribution >= 0.6 is 0 Å².